The van der Waals surface area contributed by atoms with E-state index in [9.17, 15) is 9.59 Å². The molecule has 1 N–H and O–H groups in total. The van der Waals surface area contributed by atoms with Crippen LogP contribution >= 0.6 is 23.5 Å². The third-order valence-corrected chi connectivity index (χ3v) is 4.96. The van der Waals surface area contributed by atoms with Crippen molar-refractivity contribution in [1.82, 2.24) is 5.32 Å². The largest absolute Gasteiger partial charge is 0.329 e. The van der Waals surface area contributed by atoms with E-state index >= 15 is 0 Å². The molecule has 2 atom stereocenters. The molecule has 98 valence electrons. The van der Waals surface area contributed by atoms with Gasteiger partial charge in [-0.05, 0) is 24.1 Å². The first kappa shape index (κ1) is 13.7. The zero-order chi connectivity index (χ0) is 13.1. The van der Waals surface area contributed by atoms with Gasteiger partial charge in [0.25, 0.3) is 0 Å². The van der Waals surface area contributed by atoms with Crippen molar-refractivity contribution in [2.75, 3.05) is 12.3 Å². The van der Waals surface area contributed by atoms with Crippen molar-refractivity contribution < 1.29 is 9.59 Å². The summed E-state index contributed by atoms with van der Waals surface area (Å²) in [5.74, 6) is 1.21. The van der Waals surface area contributed by atoms with Crippen LogP contribution in [0.2, 0.25) is 0 Å². The van der Waals surface area contributed by atoms with Gasteiger partial charge in [0.1, 0.15) is 4.38 Å². The summed E-state index contributed by atoms with van der Waals surface area (Å²) in [4.78, 5) is 27.6. The summed E-state index contributed by atoms with van der Waals surface area (Å²) in [5.41, 5.74) is 0.735. The Balaban J connectivity index is 1.98. The normalized spacial score (nSPS) is 30.2. The fourth-order valence-corrected chi connectivity index (χ4v) is 3.74. The van der Waals surface area contributed by atoms with Crippen LogP contribution in [0, 0.1) is 11.8 Å². The van der Waals surface area contributed by atoms with Crippen molar-refractivity contribution in [3.63, 3.8) is 0 Å². The number of carbonyl (C=O) groups is 2. The third kappa shape index (κ3) is 3.38. The fraction of sp³-hybridized carbons (Fsp3) is 0.583. The number of rotatable bonds is 1. The van der Waals surface area contributed by atoms with Gasteiger partial charge >= 0.3 is 0 Å². The molecular weight excluding hydrogens is 268 g/mol. The number of carbonyl (C=O) groups excluding carboxylic acids is 2. The first-order chi connectivity index (χ1) is 8.56. The summed E-state index contributed by atoms with van der Waals surface area (Å²) in [6.07, 6.45) is 2.34. The number of aliphatic imine (C=N–C) groups is 1. The van der Waals surface area contributed by atoms with E-state index in [2.05, 4.69) is 10.3 Å². The molecule has 2 heterocycles. The molecular formula is C12H16N2O2S2. The minimum atomic E-state index is -0.0557. The molecule has 0 aromatic rings. The fourth-order valence-electron chi connectivity index (χ4n) is 1.95. The summed E-state index contributed by atoms with van der Waals surface area (Å²) in [6.45, 7) is 4.73. The Morgan fingerprint density at radius 1 is 1.50 bits per heavy atom. The average Bonchev–Trinajstić information content (AvgIpc) is 2.78. The Morgan fingerprint density at radius 2 is 2.28 bits per heavy atom. The van der Waals surface area contributed by atoms with Gasteiger partial charge in [0.05, 0.1) is 6.54 Å². The summed E-state index contributed by atoms with van der Waals surface area (Å²) < 4.78 is 0.833. The lowest BCUT2D eigenvalue weighted by molar-refractivity contribution is -0.125. The first-order valence-corrected chi connectivity index (χ1v) is 7.78. The third-order valence-electron chi connectivity index (χ3n) is 2.97. The van der Waals surface area contributed by atoms with Crippen LogP contribution < -0.4 is 5.32 Å². The van der Waals surface area contributed by atoms with Crippen molar-refractivity contribution in [2.24, 2.45) is 16.8 Å². The second-order valence-corrected chi connectivity index (χ2v) is 6.88. The molecule has 4 nitrogen and oxygen atoms in total. The maximum atomic E-state index is 11.8. The number of nitrogens with zero attached hydrogens (tertiary/aromatic N) is 1. The molecule has 0 aromatic heterocycles. The second-order valence-electron chi connectivity index (χ2n) is 4.54. The van der Waals surface area contributed by atoms with Gasteiger partial charge in [-0.25, -0.2) is 0 Å². The topological polar surface area (TPSA) is 58.5 Å². The summed E-state index contributed by atoms with van der Waals surface area (Å²) >= 11 is 2.76. The van der Waals surface area contributed by atoms with E-state index in [4.69, 9.17) is 0 Å². The Bertz CT molecular complexity index is 432. The van der Waals surface area contributed by atoms with Gasteiger partial charge in [0.15, 0.2) is 0 Å². The second kappa shape index (κ2) is 5.93. The minimum absolute atomic E-state index is 0.00438. The average molecular weight is 284 g/mol. The zero-order valence-electron chi connectivity index (χ0n) is 10.4. The molecule has 2 rings (SSSR count). The number of amides is 1. The van der Waals surface area contributed by atoms with Gasteiger partial charge in [-0.15, -0.1) is 0 Å². The molecule has 2 aliphatic rings. The standard InChI is InChI=1S/C12H16N2O2S2/c1-7-5-8(2)11(16)14-9(7)6-10(15)18-12-13-3-4-17-12/h6-8H,3-5H2,1-2H3,(H,14,16)/b9-6-/t7-,8-/m1/s1. The van der Waals surface area contributed by atoms with Crippen molar-refractivity contribution in [3.8, 4) is 0 Å². The van der Waals surface area contributed by atoms with E-state index in [1.807, 2.05) is 13.8 Å². The number of piperidine rings is 1. The summed E-state index contributed by atoms with van der Waals surface area (Å²) in [6, 6.07) is 0. The molecule has 0 aliphatic carbocycles. The van der Waals surface area contributed by atoms with Crippen LogP contribution in [0.25, 0.3) is 0 Å². The maximum Gasteiger partial charge on any atom is 0.226 e. The predicted molar refractivity (Wildman–Crippen MR) is 76.5 cm³/mol. The Morgan fingerprint density at radius 3 is 2.94 bits per heavy atom. The smallest absolute Gasteiger partial charge is 0.226 e. The van der Waals surface area contributed by atoms with Crippen molar-refractivity contribution in [1.29, 1.82) is 0 Å². The number of hydrogen-bond acceptors (Lipinski definition) is 5. The maximum absolute atomic E-state index is 11.8. The number of nitrogens with one attached hydrogen (secondary N) is 1. The van der Waals surface area contributed by atoms with Crippen LogP contribution in [0.3, 0.4) is 0 Å². The lowest BCUT2D eigenvalue weighted by Crippen LogP contribution is -2.38. The van der Waals surface area contributed by atoms with Crippen molar-refractivity contribution in [3.05, 3.63) is 11.8 Å². The Hall–Kier alpha value is -0.750. The molecule has 1 fully saturated rings. The molecule has 18 heavy (non-hydrogen) atoms. The monoisotopic (exact) mass is 284 g/mol. The molecule has 0 radical (unpaired) electrons. The molecule has 1 saturated heterocycles. The molecule has 0 unspecified atom stereocenters. The van der Waals surface area contributed by atoms with E-state index in [-0.39, 0.29) is 22.9 Å². The van der Waals surface area contributed by atoms with Crippen LogP contribution in [0.4, 0.5) is 0 Å². The van der Waals surface area contributed by atoms with Crippen molar-refractivity contribution >= 4 is 38.9 Å². The van der Waals surface area contributed by atoms with Crippen molar-refractivity contribution in [2.45, 2.75) is 20.3 Å². The molecule has 6 heteroatoms. The van der Waals surface area contributed by atoms with Gasteiger partial charge in [-0.2, -0.15) is 0 Å². The zero-order valence-corrected chi connectivity index (χ0v) is 12.1. The highest BCUT2D eigenvalue weighted by atomic mass is 32.2. The van der Waals surface area contributed by atoms with E-state index in [0.717, 1.165) is 40.6 Å². The number of thioether (sulfide) groups is 2. The van der Waals surface area contributed by atoms with Gasteiger partial charge in [0.2, 0.25) is 11.0 Å². The lowest BCUT2D eigenvalue weighted by atomic mass is 9.89. The van der Waals surface area contributed by atoms with Gasteiger partial charge in [-0.1, -0.05) is 25.6 Å². The molecule has 0 aromatic carbocycles. The lowest BCUT2D eigenvalue weighted by Gasteiger charge is -2.26. The highest BCUT2D eigenvalue weighted by molar-refractivity contribution is 8.45. The highest BCUT2D eigenvalue weighted by Gasteiger charge is 2.26. The quantitative estimate of drug-likeness (QED) is 0.749. The van der Waals surface area contributed by atoms with E-state index in [1.54, 1.807) is 17.8 Å². The summed E-state index contributed by atoms with van der Waals surface area (Å²) in [7, 11) is 0. The molecule has 1 amide bonds. The van der Waals surface area contributed by atoms with E-state index < -0.39 is 0 Å². The van der Waals surface area contributed by atoms with Crippen LogP contribution in [0.1, 0.15) is 20.3 Å². The summed E-state index contributed by atoms with van der Waals surface area (Å²) in [5, 5.41) is 2.76. The Labute approximate surface area is 115 Å². The molecule has 0 bridgehead atoms. The van der Waals surface area contributed by atoms with Gasteiger partial charge in [0, 0.05) is 23.4 Å². The molecule has 2 aliphatic heterocycles. The number of allylic oxidation sites excluding steroid dienone is 1. The SMILES string of the molecule is C[C@@H]1C[C@@H](C)/C(=C/C(=O)SC2=NCCS2)NC1=O. The van der Waals surface area contributed by atoms with Crippen LogP contribution in [-0.4, -0.2) is 27.7 Å². The van der Waals surface area contributed by atoms with E-state index in [1.165, 1.54) is 0 Å². The predicted octanol–water partition coefficient (Wildman–Crippen LogP) is 2.02. The Kier molecular flexibility index (Phi) is 4.50. The molecule has 0 saturated carbocycles. The van der Waals surface area contributed by atoms with Crippen LogP contribution in [-0.2, 0) is 9.59 Å². The van der Waals surface area contributed by atoms with E-state index in [0.29, 0.717) is 0 Å². The van der Waals surface area contributed by atoms with Gasteiger partial charge in [-0.3, -0.25) is 14.6 Å². The van der Waals surface area contributed by atoms with Gasteiger partial charge < -0.3 is 5.32 Å². The van der Waals surface area contributed by atoms with Crippen LogP contribution in [0.5, 0.6) is 0 Å². The first-order valence-electron chi connectivity index (χ1n) is 5.98. The highest BCUT2D eigenvalue weighted by Crippen LogP contribution is 2.27. The number of hydrogen-bond donors (Lipinski definition) is 1. The minimum Gasteiger partial charge on any atom is -0.329 e. The molecule has 0 spiro atoms. The van der Waals surface area contributed by atoms with Crippen LogP contribution in [0.15, 0.2) is 16.8 Å².